The van der Waals surface area contributed by atoms with E-state index in [0.717, 1.165) is 52.8 Å². The highest BCUT2D eigenvalue weighted by molar-refractivity contribution is 7.89. The van der Waals surface area contributed by atoms with Crippen molar-refractivity contribution >= 4 is 32.7 Å². The van der Waals surface area contributed by atoms with Gasteiger partial charge < -0.3 is 15.2 Å². The first kappa shape index (κ1) is 22.3. The van der Waals surface area contributed by atoms with Gasteiger partial charge in [0.1, 0.15) is 5.82 Å². The predicted molar refractivity (Wildman–Crippen MR) is 126 cm³/mol. The highest BCUT2D eigenvalue weighted by Crippen LogP contribution is 2.28. The lowest BCUT2D eigenvalue weighted by Gasteiger charge is -2.30. The Morgan fingerprint density at radius 3 is 2.59 bits per heavy atom. The van der Waals surface area contributed by atoms with Crippen molar-refractivity contribution in [2.75, 3.05) is 38.6 Å². The third-order valence-electron chi connectivity index (χ3n) is 5.77. The smallest absolute Gasteiger partial charge is 0.253 e. The fraction of sp³-hybridized carbons (Fsp3) is 0.391. The maximum atomic E-state index is 13.1. The lowest BCUT2D eigenvalue weighted by atomic mass is 10.1. The van der Waals surface area contributed by atoms with E-state index in [1.807, 2.05) is 24.3 Å². The number of aromatic amines is 1. The quantitative estimate of drug-likeness (QED) is 0.571. The molecule has 170 valence electrons. The third-order valence-corrected chi connectivity index (χ3v) is 7.58. The summed E-state index contributed by atoms with van der Waals surface area (Å²) in [6.07, 6.45) is 3.84. The first-order chi connectivity index (χ1) is 15.4. The molecule has 3 aromatic rings. The number of nitrogens with one attached hydrogen (secondary N) is 2. The van der Waals surface area contributed by atoms with E-state index in [1.165, 1.54) is 26.6 Å². The van der Waals surface area contributed by atoms with E-state index in [4.69, 9.17) is 0 Å². The number of carbonyl (C=O) groups is 1. The molecule has 0 bridgehead atoms. The Balaban J connectivity index is 1.55. The predicted octanol–water partition coefficient (Wildman–Crippen LogP) is 2.78. The minimum atomic E-state index is -3.64. The van der Waals surface area contributed by atoms with Gasteiger partial charge in [0.05, 0.1) is 21.5 Å². The van der Waals surface area contributed by atoms with Gasteiger partial charge in [-0.25, -0.2) is 17.7 Å². The first-order valence-corrected chi connectivity index (χ1v) is 12.3. The molecular formula is C23H29N5O3S. The van der Waals surface area contributed by atoms with Crippen molar-refractivity contribution < 1.29 is 13.2 Å². The molecule has 1 aliphatic heterocycles. The summed E-state index contributed by atoms with van der Waals surface area (Å²) < 4.78 is 26.5. The van der Waals surface area contributed by atoms with Crippen molar-refractivity contribution in [2.24, 2.45) is 0 Å². The number of anilines is 1. The van der Waals surface area contributed by atoms with Gasteiger partial charge in [0, 0.05) is 45.8 Å². The lowest BCUT2D eigenvalue weighted by Crippen LogP contribution is -2.33. The number of nitrogens with zero attached hydrogens (tertiary/aromatic N) is 3. The Morgan fingerprint density at radius 2 is 1.88 bits per heavy atom. The van der Waals surface area contributed by atoms with Gasteiger partial charge in [0.15, 0.2) is 0 Å². The fourth-order valence-corrected chi connectivity index (χ4v) is 4.92. The van der Waals surface area contributed by atoms with Crippen LogP contribution in [0.3, 0.4) is 0 Å². The summed E-state index contributed by atoms with van der Waals surface area (Å²) in [6, 6.07) is 12.6. The maximum absolute atomic E-state index is 13.1. The van der Waals surface area contributed by atoms with Gasteiger partial charge in [-0.1, -0.05) is 12.1 Å². The number of fused-ring (bicyclic) bond motifs is 1. The molecule has 1 aliphatic rings. The van der Waals surface area contributed by atoms with Gasteiger partial charge in [-0.05, 0) is 49.6 Å². The van der Waals surface area contributed by atoms with Crippen LogP contribution in [0.5, 0.6) is 0 Å². The minimum Gasteiger partial charge on any atom is -0.371 e. The molecule has 0 spiro atoms. The van der Waals surface area contributed by atoms with Gasteiger partial charge in [-0.2, -0.15) is 0 Å². The summed E-state index contributed by atoms with van der Waals surface area (Å²) in [4.78, 5) is 23.2. The Bertz CT molecular complexity index is 1180. The zero-order valence-electron chi connectivity index (χ0n) is 18.5. The molecule has 0 radical (unpaired) electrons. The van der Waals surface area contributed by atoms with Crippen LogP contribution in [0.2, 0.25) is 0 Å². The van der Waals surface area contributed by atoms with Crippen LogP contribution in [0.25, 0.3) is 11.0 Å². The molecule has 2 heterocycles. The second-order valence-electron chi connectivity index (χ2n) is 8.22. The van der Waals surface area contributed by atoms with E-state index in [9.17, 15) is 13.2 Å². The molecule has 0 saturated carbocycles. The van der Waals surface area contributed by atoms with Crippen LogP contribution in [0.1, 0.15) is 35.4 Å². The normalized spacial score (nSPS) is 14.8. The Labute approximate surface area is 188 Å². The molecule has 1 fully saturated rings. The van der Waals surface area contributed by atoms with Crippen LogP contribution >= 0.6 is 0 Å². The van der Waals surface area contributed by atoms with E-state index in [-0.39, 0.29) is 10.8 Å². The van der Waals surface area contributed by atoms with Crippen LogP contribution in [0.4, 0.5) is 5.69 Å². The van der Waals surface area contributed by atoms with E-state index in [2.05, 4.69) is 20.2 Å². The topological polar surface area (TPSA) is 98.4 Å². The van der Waals surface area contributed by atoms with E-state index in [0.29, 0.717) is 18.5 Å². The van der Waals surface area contributed by atoms with E-state index >= 15 is 0 Å². The third kappa shape index (κ3) is 4.63. The first-order valence-electron chi connectivity index (χ1n) is 10.9. The number of amides is 1. The minimum absolute atomic E-state index is 0.116. The van der Waals surface area contributed by atoms with Crippen LogP contribution in [0, 0.1) is 0 Å². The van der Waals surface area contributed by atoms with Crippen LogP contribution in [-0.4, -0.2) is 62.3 Å². The Kier molecular flexibility index (Phi) is 6.48. The molecule has 9 heteroatoms. The number of para-hydroxylation sites is 2. The number of sulfonamides is 1. The van der Waals surface area contributed by atoms with Crippen LogP contribution in [0.15, 0.2) is 47.4 Å². The monoisotopic (exact) mass is 455 g/mol. The summed E-state index contributed by atoms with van der Waals surface area (Å²) in [5.74, 6) is 0.518. The average molecular weight is 456 g/mol. The lowest BCUT2D eigenvalue weighted by molar-refractivity contribution is 0.0954. The number of carbonyl (C=O) groups excluding carboxylic acids is 1. The molecule has 2 N–H and O–H groups in total. The van der Waals surface area contributed by atoms with Crippen molar-refractivity contribution in [3.8, 4) is 0 Å². The number of benzene rings is 2. The van der Waals surface area contributed by atoms with Gasteiger partial charge in [-0.15, -0.1) is 0 Å². The fourth-order valence-electron chi connectivity index (χ4n) is 3.99. The molecule has 0 atom stereocenters. The molecule has 8 nitrogen and oxygen atoms in total. The summed E-state index contributed by atoms with van der Waals surface area (Å²) in [5, 5.41) is 2.95. The molecule has 1 saturated heterocycles. The molecule has 1 amide bonds. The summed E-state index contributed by atoms with van der Waals surface area (Å²) in [7, 11) is -0.665. The molecule has 32 heavy (non-hydrogen) atoms. The van der Waals surface area contributed by atoms with Crippen LogP contribution < -0.4 is 10.2 Å². The number of hydrogen-bond acceptors (Lipinski definition) is 5. The number of rotatable bonds is 7. The van der Waals surface area contributed by atoms with Crippen molar-refractivity contribution in [2.45, 2.75) is 30.6 Å². The number of H-pyrrole nitrogens is 1. The zero-order chi connectivity index (χ0) is 22.7. The summed E-state index contributed by atoms with van der Waals surface area (Å²) in [5.41, 5.74) is 3.02. The summed E-state index contributed by atoms with van der Waals surface area (Å²) in [6.45, 7) is 2.11. The Hall–Kier alpha value is -2.91. The van der Waals surface area contributed by atoms with Gasteiger partial charge in [0.25, 0.3) is 5.91 Å². The Morgan fingerprint density at radius 1 is 1.12 bits per heavy atom. The van der Waals surface area contributed by atoms with Crippen molar-refractivity contribution in [3.63, 3.8) is 0 Å². The number of hydrogen-bond donors (Lipinski definition) is 2. The zero-order valence-corrected chi connectivity index (χ0v) is 19.3. The van der Waals surface area contributed by atoms with Crippen molar-refractivity contribution in [3.05, 3.63) is 53.9 Å². The van der Waals surface area contributed by atoms with E-state index < -0.39 is 10.0 Å². The number of imidazole rings is 1. The highest BCUT2D eigenvalue weighted by Gasteiger charge is 2.24. The molecule has 2 aromatic carbocycles. The highest BCUT2D eigenvalue weighted by atomic mass is 32.2. The number of piperidine rings is 1. The van der Waals surface area contributed by atoms with Crippen molar-refractivity contribution in [1.82, 2.24) is 19.6 Å². The molecule has 1 aromatic heterocycles. The largest absolute Gasteiger partial charge is 0.371 e. The van der Waals surface area contributed by atoms with Crippen molar-refractivity contribution in [1.29, 1.82) is 0 Å². The SMILES string of the molecule is CN(C)S(=O)(=O)c1ccc(N2CCCCC2)c(C(=O)NCCc2nc3ccccc3[nH]2)c1. The molecule has 0 unspecified atom stereocenters. The van der Waals surface area contributed by atoms with E-state index in [1.54, 1.807) is 12.1 Å². The second kappa shape index (κ2) is 9.30. The average Bonchev–Trinajstić information content (AvgIpc) is 3.22. The van der Waals surface area contributed by atoms with Gasteiger partial charge in [0.2, 0.25) is 10.0 Å². The number of aromatic nitrogens is 2. The molecular weight excluding hydrogens is 426 g/mol. The maximum Gasteiger partial charge on any atom is 0.253 e. The summed E-state index contributed by atoms with van der Waals surface area (Å²) >= 11 is 0. The van der Waals surface area contributed by atoms with Crippen LogP contribution in [-0.2, 0) is 16.4 Å². The van der Waals surface area contributed by atoms with Gasteiger partial charge >= 0.3 is 0 Å². The second-order valence-corrected chi connectivity index (χ2v) is 10.4. The standard InChI is InChI=1S/C23H29N5O3S/c1-27(2)32(30,31)17-10-11-21(28-14-6-3-7-15-28)18(16-17)23(29)24-13-12-22-25-19-8-4-5-9-20(19)26-22/h4-5,8-11,16H,3,6-7,12-15H2,1-2H3,(H,24,29)(H,25,26). The molecule has 4 rings (SSSR count). The molecule has 0 aliphatic carbocycles. The van der Waals surface area contributed by atoms with Gasteiger partial charge in [-0.3, -0.25) is 4.79 Å².